The van der Waals surface area contributed by atoms with Gasteiger partial charge in [0.1, 0.15) is 0 Å². The first kappa shape index (κ1) is 41.8. The van der Waals surface area contributed by atoms with Crippen molar-refractivity contribution in [3.8, 4) is 39.1 Å². The molecular formula is C69H49N3. The number of nitrogens with zero attached hydrogens (tertiary/aromatic N) is 3. The molecule has 0 N–H and O–H groups in total. The summed E-state index contributed by atoms with van der Waals surface area (Å²) in [6, 6.07) is 95.7. The fraction of sp³-hybridized carbons (Fsp3) is 0.0435. The minimum atomic E-state index is -0.260. The van der Waals surface area contributed by atoms with Gasteiger partial charge in [0.15, 0.2) is 0 Å². The van der Waals surface area contributed by atoms with E-state index >= 15 is 0 Å². The van der Waals surface area contributed by atoms with Crippen LogP contribution in [0.4, 0.5) is 34.1 Å². The Morgan fingerprint density at radius 2 is 0.792 bits per heavy atom. The minimum Gasteiger partial charge on any atom is -0.311 e. The highest BCUT2D eigenvalue weighted by Crippen LogP contribution is 2.53. The van der Waals surface area contributed by atoms with E-state index in [2.05, 4.69) is 289 Å². The number of para-hydroxylation sites is 2. The van der Waals surface area contributed by atoms with Gasteiger partial charge in [-0.15, -0.1) is 0 Å². The van der Waals surface area contributed by atoms with Crippen LogP contribution in [-0.4, -0.2) is 4.57 Å². The zero-order chi connectivity index (χ0) is 47.9. The van der Waals surface area contributed by atoms with Crippen LogP contribution in [0.5, 0.6) is 0 Å². The molecule has 12 aromatic carbocycles. The molecule has 0 unspecified atom stereocenters. The van der Waals surface area contributed by atoms with Crippen molar-refractivity contribution in [1.82, 2.24) is 4.57 Å². The number of hydrogen-bond acceptors (Lipinski definition) is 2. The van der Waals surface area contributed by atoms with Crippen molar-refractivity contribution >= 4 is 77.5 Å². The maximum Gasteiger partial charge on any atom is 0.0548 e. The number of anilines is 6. The van der Waals surface area contributed by atoms with Crippen LogP contribution >= 0.6 is 0 Å². The van der Waals surface area contributed by atoms with E-state index in [1.54, 1.807) is 0 Å². The normalized spacial score (nSPS) is 12.7. The molecule has 72 heavy (non-hydrogen) atoms. The lowest BCUT2D eigenvalue weighted by atomic mass is 9.81. The summed E-state index contributed by atoms with van der Waals surface area (Å²) in [6.45, 7) is 4.80. The van der Waals surface area contributed by atoms with Gasteiger partial charge in [0, 0.05) is 55.7 Å². The summed E-state index contributed by atoms with van der Waals surface area (Å²) in [5, 5.41) is 7.68. The molecule has 0 aliphatic heterocycles. The number of fused-ring (bicyclic) bond motifs is 4. The van der Waals surface area contributed by atoms with Gasteiger partial charge in [-0.1, -0.05) is 178 Å². The summed E-state index contributed by atoms with van der Waals surface area (Å²) < 4.78 is 2.48. The van der Waals surface area contributed by atoms with Crippen molar-refractivity contribution in [1.29, 1.82) is 0 Å². The summed E-state index contributed by atoms with van der Waals surface area (Å²) in [4.78, 5) is 4.73. The second-order valence-electron chi connectivity index (χ2n) is 19.7. The molecule has 0 fully saturated rings. The molecule has 0 radical (unpaired) electrons. The van der Waals surface area contributed by atoms with Gasteiger partial charge in [0.05, 0.1) is 16.7 Å². The fourth-order valence-electron chi connectivity index (χ4n) is 11.9. The first-order valence-electron chi connectivity index (χ1n) is 25.0. The van der Waals surface area contributed by atoms with E-state index in [1.165, 1.54) is 93.5 Å². The monoisotopic (exact) mass is 919 g/mol. The number of benzene rings is 12. The summed E-state index contributed by atoms with van der Waals surface area (Å²) in [5.41, 5.74) is 20.2. The van der Waals surface area contributed by atoms with Crippen molar-refractivity contribution < 1.29 is 0 Å². The van der Waals surface area contributed by atoms with Crippen LogP contribution in [0.3, 0.4) is 0 Å². The van der Waals surface area contributed by atoms with Crippen molar-refractivity contribution in [3.05, 3.63) is 272 Å². The summed E-state index contributed by atoms with van der Waals surface area (Å²) in [7, 11) is 0. The standard InChI is InChI=1S/C69H49N3/c1-69(2)62-44-50(57-42-43-66-68-61(57)40-30-49-20-15-27-65(67(49)68)72(66)64-26-14-19-48-18-12-13-25-58(48)64)31-39-59(62)60-41-38-56(45-63(60)69)71(53-32-28-47(29-33-53)46-16-6-3-7-17-46)55-36-34-54(35-37-55)70(51-21-8-4-9-22-51)52-23-10-5-11-24-52/h3-45H,1-2H3. The largest absolute Gasteiger partial charge is 0.311 e. The highest BCUT2D eigenvalue weighted by molar-refractivity contribution is 6.27. The Hall–Kier alpha value is -9.18. The maximum atomic E-state index is 2.48. The Morgan fingerprint density at radius 3 is 1.50 bits per heavy atom. The Bertz CT molecular complexity index is 4110. The smallest absolute Gasteiger partial charge is 0.0548 e. The Kier molecular flexibility index (Phi) is 9.56. The van der Waals surface area contributed by atoms with Crippen LogP contribution in [0.25, 0.3) is 82.4 Å². The van der Waals surface area contributed by atoms with Gasteiger partial charge in [-0.2, -0.15) is 0 Å². The molecule has 1 aliphatic rings. The Balaban J connectivity index is 0.866. The van der Waals surface area contributed by atoms with Crippen molar-refractivity contribution in [3.63, 3.8) is 0 Å². The first-order valence-corrected chi connectivity index (χ1v) is 25.0. The van der Waals surface area contributed by atoms with E-state index in [0.717, 1.165) is 34.1 Å². The molecule has 1 heterocycles. The molecule has 1 aromatic heterocycles. The van der Waals surface area contributed by atoms with E-state index in [4.69, 9.17) is 0 Å². The lowest BCUT2D eigenvalue weighted by Gasteiger charge is -2.29. The van der Waals surface area contributed by atoms with Gasteiger partial charge >= 0.3 is 0 Å². The third-order valence-corrected chi connectivity index (χ3v) is 15.3. The second-order valence-corrected chi connectivity index (χ2v) is 19.7. The molecule has 1 aliphatic carbocycles. The molecule has 14 rings (SSSR count). The zero-order valence-electron chi connectivity index (χ0n) is 40.2. The number of hydrogen-bond donors (Lipinski definition) is 0. The number of aromatic nitrogens is 1. The summed E-state index contributed by atoms with van der Waals surface area (Å²) >= 11 is 0. The van der Waals surface area contributed by atoms with E-state index in [1.807, 2.05) is 0 Å². The highest BCUT2D eigenvalue weighted by Gasteiger charge is 2.37. The fourth-order valence-corrected chi connectivity index (χ4v) is 11.9. The third-order valence-electron chi connectivity index (χ3n) is 15.3. The first-order chi connectivity index (χ1) is 35.5. The van der Waals surface area contributed by atoms with E-state index < -0.39 is 0 Å². The van der Waals surface area contributed by atoms with Crippen molar-refractivity contribution in [2.24, 2.45) is 0 Å². The summed E-state index contributed by atoms with van der Waals surface area (Å²) in [6.07, 6.45) is 0. The van der Waals surface area contributed by atoms with Gasteiger partial charge in [0.25, 0.3) is 0 Å². The van der Waals surface area contributed by atoms with Gasteiger partial charge in [0.2, 0.25) is 0 Å². The Morgan fingerprint density at radius 1 is 0.306 bits per heavy atom. The third kappa shape index (κ3) is 6.58. The quantitative estimate of drug-likeness (QED) is 0.134. The van der Waals surface area contributed by atoms with E-state index in [-0.39, 0.29) is 5.41 Å². The van der Waals surface area contributed by atoms with Crippen LogP contribution < -0.4 is 9.80 Å². The molecule has 340 valence electrons. The van der Waals surface area contributed by atoms with Gasteiger partial charge < -0.3 is 14.4 Å². The molecule has 0 saturated heterocycles. The molecule has 0 amide bonds. The SMILES string of the molecule is CC1(C)c2cc(-c3ccc4c5c3ccc3cccc(c35)n4-c3cccc4ccccc34)ccc2-c2ccc(N(c3ccc(-c4ccccc4)cc3)c3ccc(N(c4ccccc4)c4ccccc4)cc3)cc21. The molecule has 3 nitrogen and oxygen atoms in total. The summed E-state index contributed by atoms with van der Waals surface area (Å²) in [5.74, 6) is 0. The molecule has 3 heteroatoms. The molecule has 0 atom stereocenters. The topological polar surface area (TPSA) is 11.4 Å². The van der Waals surface area contributed by atoms with Crippen LogP contribution in [0.2, 0.25) is 0 Å². The molecule has 0 spiro atoms. The van der Waals surface area contributed by atoms with Crippen LogP contribution in [0.15, 0.2) is 261 Å². The second kappa shape index (κ2) is 16.5. The van der Waals surface area contributed by atoms with Crippen LogP contribution in [-0.2, 0) is 5.41 Å². The average molecular weight is 920 g/mol. The zero-order valence-corrected chi connectivity index (χ0v) is 40.2. The molecule has 13 aromatic rings. The van der Waals surface area contributed by atoms with Crippen molar-refractivity contribution in [2.45, 2.75) is 19.3 Å². The highest BCUT2D eigenvalue weighted by atomic mass is 15.2. The maximum absolute atomic E-state index is 2.48. The van der Waals surface area contributed by atoms with Crippen LogP contribution in [0, 0.1) is 0 Å². The molecule has 0 bridgehead atoms. The Labute approximate surface area is 420 Å². The van der Waals surface area contributed by atoms with Gasteiger partial charge in [-0.25, -0.2) is 0 Å². The van der Waals surface area contributed by atoms with Crippen molar-refractivity contribution in [2.75, 3.05) is 9.80 Å². The van der Waals surface area contributed by atoms with E-state index in [9.17, 15) is 0 Å². The molecule has 0 saturated carbocycles. The van der Waals surface area contributed by atoms with E-state index in [0.29, 0.717) is 0 Å². The average Bonchev–Trinajstić information content (AvgIpc) is 3.89. The van der Waals surface area contributed by atoms with Crippen LogP contribution in [0.1, 0.15) is 25.0 Å². The minimum absolute atomic E-state index is 0.260. The predicted molar refractivity (Wildman–Crippen MR) is 305 cm³/mol. The lowest BCUT2D eigenvalue weighted by Crippen LogP contribution is -2.17. The predicted octanol–water partition coefficient (Wildman–Crippen LogP) is 19.1. The molecular weight excluding hydrogens is 871 g/mol. The lowest BCUT2D eigenvalue weighted by molar-refractivity contribution is 0.660. The van der Waals surface area contributed by atoms with Gasteiger partial charge in [-0.3, -0.25) is 0 Å². The van der Waals surface area contributed by atoms with Gasteiger partial charge in [-0.05, 0) is 158 Å². The number of rotatable bonds is 9.